The summed E-state index contributed by atoms with van der Waals surface area (Å²) in [6, 6.07) is 0. The van der Waals surface area contributed by atoms with E-state index >= 15 is 0 Å². The Kier molecular flexibility index (Phi) is 1.56. The monoisotopic (exact) mass is 121 g/mol. The average molecular weight is 121 g/mol. The Labute approximate surface area is 53.6 Å². The van der Waals surface area contributed by atoms with Gasteiger partial charge in [-0.25, -0.2) is 9.98 Å². The molecule has 0 aromatic carbocycles. The van der Waals surface area contributed by atoms with Crippen molar-refractivity contribution in [2.75, 3.05) is 0 Å². The third-order valence-corrected chi connectivity index (χ3v) is 0.859. The Morgan fingerprint density at radius 2 is 2.11 bits per heavy atom. The van der Waals surface area contributed by atoms with Crippen molar-refractivity contribution in [2.45, 2.75) is 13.8 Å². The average Bonchev–Trinajstić information content (AvgIpc) is 1.93. The van der Waals surface area contributed by atoms with E-state index in [-0.39, 0.29) is 0 Å². The first-order chi connectivity index (χ1) is 4.29. The van der Waals surface area contributed by atoms with Crippen LogP contribution in [-0.2, 0) is 0 Å². The summed E-state index contributed by atoms with van der Waals surface area (Å²) >= 11 is 0. The Balaban J connectivity index is 3.00. The second kappa shape index (κ2) is 2.37. The summed E-state index contributed by atoms with van der Waals surface area (Å²) in [4.78, 5) is 11.7. The van der Waals surface area contributed by atoms with Gasteiger partial charge in [0.25, 0.3) is 0 Å². The summed E-state index contributed by atoms with van der Waals surface area (Å²) in [6.45, 7) is 3.63. The van der Waals surface area contributed by atoms with Gasteiger partial charge in [0, 0.05) is 5.87 Å². The van der Waals surface area contributed by atoms with E-state index in [4.69, 9.17) is 0 Å². The van der Waals surface area contributed by atoms with Crippen molar-refractivity contribution in [2.24, 2.45) is 15.0 Å². The quantitative estimate of drug-likeness (QED) is 0.459. The van der Waals surface area contributed by atoms with Gasteiger partial charge in [-0.3, -0.25) is 0 Å². The molecule has 0 unspecified atom stereocenters. The number of nitrogens with zero attached hydrogens (tertiary/aromatic N) is 3. The molecule has 0 fully saturated rings. The van der Waals surface area contributed by atoms with E-state index in [1.54, 1.807) is 0 Å². The van der Waals surface area contributed by atoms with Crippen LogP contribution in [0.15, 0.2) is 21.2 Å². The lowest BCUT2D eigenvalue weighted by Gasteiger charge is -1.85. The van der Waals surface area contributed by atoms with E-state index < -0.39 is 0 Å². The topological polar surface area (TPSA) is 37.1 Å². The first-order valence-corrected chi connectivity index (χ1v) is 2.66. The third kappa shape index (κ3) is 1.63. The molecule has 0 amide bonds. The van der Waals surface area contributed by atoms with Crippen molar-refractivity contribution in [1.82, 2.24) is 0 Å². The van der Waals surface area contributed by atoms with Gasteiger partial charge in [0.05, 0.1) is 6.20 Å². The lowest BCUT2D eigenvalue weighted by molar-refractivity contribution is 1.46. The summed E-state index contributed by atoms with van der Waals surface area (Å²) in [6.07, 6.45) is 1.51. The Bertz CT molecular complexity index is 229. The molecule has 3 nitrogen and oxygen atoms in total. The third-order valence-electron chi connectivity index (χ3n) is 0.859. The first-order valence-electron chi connectivity index (χ1n) is 2.66. The van der Waals surface area contributed by atoms with Crippen LogP contribution in [0, 0.1) is 0 Å². The minimum Gasteiger partial charge on any atom is -0.232 e. The minimum absolute atomic E-state index is 0.699. The van der Waals surface area contributed by atoms with E-state index in [2.05, 4.69) is 20.8 Å². The normalized spacial score (nSPS) is 16.7. The van der Waals surface area contributed by atoms with Crippen LogP contribution in [0.3, 0.4) is 0 Å². The van der Waals surface area contributed by atoms with Gasteiger partial charge in [-0.15, -0.1) is 0 Å². The number of hydrogen-bond acceptors (Lipinski definition) is 3. The summed E-state index contributed by atoms with van der Waals surface area (Å²) < 4.78 is 0. The number of hydrogen-bond donors (Lipinski definition) is 0. The molecule has 1 aliphatic heterocycles. The molecule has 0 atom stereocenters. The zero-order chi connectivity index (χ0) is 6.69. The largest absolute Gasteiger partial charge is 0.232 e. The number of rotatable bonds is 0. The van der Waals surface area contributed by atoms with Crippen LogP contribution in [-0.4, -0.2) is 17.5 Å². The van der Waals surface area contributed by atoms with Crippen LogP contribution in [0.1, 0.15) is 13.8 Å². The fourth-order valence-electron chi connectivity index (χ4n) is 0.533. The standard InChI is InChI=1S/C6H7N3/c1-5-7-3-4-8-6(2)9-5/h3H,1-2H3. The molecular weight excluding hydrogens is 114 g/mol. The second-order valence-corrected chi connectivity index (χ2v) is 1.71. The van der Waals surface area contributed by atoms with Gasteiger partial charge in [0.2, 0.25) is 0 Å². The van der Waals surface area contributed by atoms with Crippen molar-refractivity contribution < 1.29 is 0 Å². The van der Waals surface area contributed by atoms with E-state index in [0.29, 0.717) is 5.84 Å². The molecule has 0 bridgehead atoms. The van der Waals surface area contributed by atoms with E-state index in [9.17, 15) is 0 Å². The molecule has 46 valence electrons. The van der Waals surface area contributed by atoms with Crippen LogP contribution in [0.25, 0.3) is 0 Å². The van der Waals surface area contributed by atoms with E-state index in [1.807, 2.05) is 13.8 Å². The number of amidine groups is 2. The maximum absolute atomic E-state index is 3.98. The smallest absolute Gasteiger partial charge is 0.137 e. The molecule has 1 rings (SSSR count). The predicted octanol–water partition coefficient (Wildman–Crippen LogP) is 1.02. The highest BCUT2D eigenvalue weighted by Crippen LogP contribution is 1.87. The molecule has 0 radical (unpaired) electrons. The summed E-state index contributed by atoms with van der Waals surface area (Å²) in [5, 5.41) is 0. The van der Waals surface area contributed by atoms with E-state index in [0.717, 1.165) is 5.84 Å². The van der Waals surface area contributed by atoms with Crippen molar-refractivity contribution >= 4 is 17.5 Å². The second-order valence-electron chi connectivity index (χ2n) is 1.71. The Morgan fingerprint density at radius 3 is 2.89 bits per heavy atom. The lowest BCUT2D eigenvalue weighted by Crippen LogP contribution is -1.89. The van der Waals surface area contributed by atoms with Gasteiger partial charge >= 0.3 is 0 Å². The van der Waals surface area contributed by atoms with Gasteiger partial charge in [0.15, 0.2) is 0 Å². The van der Waals surface area contributed by atoms with Crippen molar-refractivity contribution in [3.63, 3.8) is 0 Å². The summed E-state index contributed by atoms with van der Waals surface area (Å²) in [5.74, 6) is 4.03. The van der Waals surface area contributed by atoms with Crippen LogP contribution in [0.5, 0.6) is 0 Å². The Hall–Kier alpha value is -1.21. The summed E-state index contributed by atoms with van der Waals surface area (Å²) in [7, 11) is 0. The molecule has 0 spiro atoms. The minimum atomic E-state index is 0.699. The van der Waals surface area contributed by atoms with Crippen LogP contribution < -0.4 is 0 Å². The molecule has 0 aliphatic carbocycles. The van der Waals surface area contributed by atoms with Gasteiger partial charge < -0.3 is 0 Å². The molecule has 0 aromatic heterocycles. The molecule has 0 N–H and O–H groups in total. The van der Waals surface area contributed by atoms with Gasteiger partial charge in [-0.1, -0.05) is 0 Å². The molecule has 0 aromatic rings. The van der Waals surface area contributed by atoms with E-state index in [1.165, 1.54) is 6.20 Å². The fourth-order valence-corrected chi connectivity index (χ4v) is 0.533. The highest BCUT2D eigenvalue weighted by molar-refractivity contribution is 5.99. The molecular formula is C6H7N3. The highest BCUT2D eigenvalue weighted by Gasteiger charge is 1.88. The SMILES string of the molecule is CC1=NC=C=NC(C)=N1. The van der Waals surface area contributed by atoms with Crippen LogP contribution >= 0.6 is 0 Å². The number of aliphatic imine (C=N–C) groups is 3. The zero-order valence-corrected chi connectivity index (χ0v) is 5.42. The Morgan fingerprint density at radius 1 is 1.33 bits per heavy atom. The van der Waals surface area contributed by atoms with Gasteiger partial charge in [0.1, 0.15) is 11.7 Å². The highest BCUT2D eigenvalue weighted by atomic mass is 15.0. The molecule has 3 heteroatoms. The lowest BCUT2D eigenvalue weighted by atomic mass is 10.6. The zero-order valence-electron chi connectivity index (χ0n) is 5.42. The summed E-state index contributed by atoms with van der Waals surface area (Å²) in [5.41, 5.74) is 0. The maximum Gasteiger partial charge on any atom is 0.137 e. The van der Waals surface area contributed by atoms with Crippen molar-refractivity contribution in [3.8, 4) is 0 Å². The predicted molar refractivity (Wildman–Crippen MR) is 38.2 cm³/mol. The van der Waals surface area contributed by atoms with Crippen LogP contribution in [0.2, 0.25) is 0 Å². The van der Waals surface area contributed by atoms with Crippen LogP contribution in [0.4, 0.5) is 0 Å². The molecule has 0 saturated carbocycles. The van der Waals surface area contributed by atoms with Crippen molar-refractivity contribution in [1.29, 1.82) is 0 Å². The maximum atomic E-state index is 3.98. The molecule has 0 saturated heterocycles. The molecule has 1 heterocycles. The van der Waals surface area contributed by atoms with Gasteiger partial charge in [-0.2, -0.15) is 4.99 Å². The van der Waals surface area contributed by atoms with Crippen molar-refractivity contribution in [3.05, 3.63) is 6.20 Å². The fraction of sp³-hybridized carbons (Fsp3) is 0.333. The molecule has 9 heavy (non-hydrogen) atoms. The first kappa shape index (κ1) is 5.92. The van der Waals surface area contributed by atoms with Gasteiger partial charge in [-0.05, 0) is 13.8 Å². The molecule has 1 aliphatic rings.